The largest absolute Gasteiger partial charge is 0.359 e. The minimum Gasteiger partial charge on any atom is -0.359 e. The molecule has 0 fully saturated rings. The second kappa shape index (κ2) is 5.93. The van der Waals surface area contributed by atoms with E-state index in [0.29, 0.717) is 12.3 Å². The van der Waals surface area contributed by atoms with Crippen molar-refractivity contribution >= 4 is 5.91 Å². The van der Waals surface area contributed by atoms with Gasteiger partial charge in [-0.25, -0.2) is 0 Å². The second-order valence-corrected chi connectivity index (χ2v) is 5.05. The van der Waals surface area contributed by atoms with Crippen LogP contribution in [-0.2, 0) is 11.3 Å². The zero-order valence-corrected chi connectivity index (χ0v) is 11.8. The van der Waals surface area contributed by atoms with E-state index in [1.165, 1.54) is 0 Å². The molecule has 0 bridgehead atoms. The molecule has 3 rings (SSSR count). The SMILES string of the molecule is CN(Cc1cc(-c2ccccc2)no1)C(=O)[C@H]1C=CCN1. The maximum Gasteiger partial charge on any atom is 0.243 e. The maximum atomic E-state index is 12.2. The summed E-state index contributed by atoms with van der Waals surface area (Å²) < 4.78 is 5.32. The van der Waals surface area contributed by atoms with Crippen molar-refractivity contribution in [3.8, 4) is 11.3 Å². The van der Waals surface area contributed by atoms with E-state index in [9.17, 15) is 4.79 Å². The van der Waals surface area contributed by atoms with E-state index in [4.69, 9.17) is 4.52 Å². The molecule has 1 aliphatic rings. The number of rotatable bonds is 4. The summed E-state index contributed by atoms with van der Waals surface area (Å²) in [7, 11) is 1.76. The number of nitrogens with one attached hydrogen (secondary N) is 1. The molecule has 1 amide bonds. The van der Waals surface area contributed by atoms with Gasteiger partial charge in [0.05, 0.1) is 6.54 Å². The Labute approximate surface area is 123 Å². The average Bonchev–Trinajstić information content (AvgIpc) is 3.19. The fraction of sp³-hybridized carbons (Fsp3) is 0.250. The third kappa shape index (κ3) is 3.03. The molecule has 108 valence electrons. The number of amides is 1. The van der Waals surface area contributed by atoms with Crippen LogP contribution in [0.4, 0.5) is 0 Å². The van der Waals surface area contributed by atoms with Gasteiger partial charge in [-0.15, -0.1) is 0 Å². The van der Waals surface area contributed by atoms with Gasteiger partial charge in [0.1, 0.15) is 11.7 Å². The van der Waals surface area contributed by atoms with Crippen molar-refractivity contribution < 1.29 is 9.32 Å². The van der Waals surface area contributed by atoms with Gasteiger partial charge in [0.2, 0.25) is 5.91 Å². The molecule has 1 atom stereocenters. The van der Waals surface area contributed by atoms with E-state index < -0.39 is 0 Å². The third-order valence-electron chi connectivity index (χ3n) is 3.45. The minimum atomic E-state index is -0.230. The van der Waals surface area contributed by atoms with Crippen molar-refractivity contribution in [1.29, 1.82) is 0 Å². The summed E-state index contributed by atoms with van der Waals surface area (Å²) in [6.45, 7) is 1.15. The van der Waals surface area contributed by atoms with Crippen LogP contribution in [0.2, 0.25) is 0 Å². The van der Waals surface area contributed by atoms with Crippen LogP contribution < -0.4 is 5.32 Å². The van der Waals surface area contributed by atoms with Gasteiger partial charge >= 0.3 is 0 Å². The van der Waals surface area contributed by atoms with E-state index in [0.717, 1.165) is 17.8 Å². The number of carbonyl (C=O) groups is 1. The molecule has 0 spiro atoms. The molecule has 0 radical (unpaired) electrons. The lowest BCUT2D eigenvalue weighted by Gasteiger charge is -2.19. The van der Waals surface area contributed by atoms with Gasteiger partial charge in [0.15, 0.2) is 5.76 Å². The first kappa shape index (κ1) is 13.6. The van der Waals surface area contributed by atoms with E-state index in [1.807, 2.05) is 48.6 Å². The topological polar surface area (TPSA) is 58.4 Å². The van der Waals surface area contributed by atoms with Gasteiger partial charge in [-0.05, 0) is 0 Å². The predicted molar refractivity (Wildman–Crippen MR) is 79.3 cm³/mol. The lowest BCUT2D eigenvalue weighted by atomic mass is 10.1. The molecule has 1 aliphatic heterocycles. The van der Waals surface area contributed by atoms with E-state index in [-0.39, 0.29) is 11.9 Å². The Bertz CT molecular complexity index is 649. The highest BCUT2D eigenvalue weighted by atomic mass is 16.5. The minimum absolute atomic E-state index is 0.0291. The Morgan fingerprint density at radius 2 is 2.24 bits per heavy atom. The molecule has 0 aliphatic carbocycles. The number of hydrogen-bond acceptors (Lipinski definition) is 4. The highest BCUT2D eigenvalue weighted by Crippen LogP contribution is 2.19. The summed E-state index contributed by atoms with van der Waals surface area (Å²) in [6.07, 6.45) is 3.84. The summed E-state index contributed by atoms with van der Waals surface area (Å²) in [5.41, 5.74) is 1.78. The molecular weight excluding hydrogens is 266 g/mol. The standard InChI is InChI=1S/C16H17N3O2/c1-19(16(20)14-8-5-9-17-14)11-13-10-15(18-21-13)12-6-3-2-4-7-12/h2-8,10,14,17H,9,11H2,1H3/t14-/m1/s1. The highest BCUT2D eigenvalue weighted by Gasteiger charge is 2.22. The Kier molecular flexibility index (Phi) is 3.83. The van der Waals surface area contributed by atoms with Gasteiger partial charge in [-0.2, -0.15) is 0 Å². The number of carbonyl (C=O) groups excluding carboxylic acids is 1. The quantitative estimate of drug-likeness (QED) is 0.870. The van der Waals surface area contributed by atoms with Crippen LogP contribution in [0.3, 0.4) is 0 Å². The lowest BCUT2D eigenvalue weighted by Crippen LogP contribution is -2.41. The molecular formula is C16H17N3O2. The Morgan fingerprint density at radius 3 is 2.95 bits per heavy atom. The van der Waals surface area contributed by atoms with Crippen molar-refractivity contribution in [2.24, 2.45) is 0 Å². The molecule has 0 saturated carbocycles. The van der Waals surface area contributed by atoms with Crippen LogP contribution in [0.25, 0.3) is 11.3 Å². The van der Waals surface area contributed by atoms with E-state index in [2.05, 4.69) is 10.5 Å². The van der Waals surface area contributed by atoms with Crippen molar-refractivity contribution in [2.75, 3.05) is 13.6 Å². The van der Waals surface area contributed by atoms with Crippen molar-refractivity contribution in [3.63, 3.8) is 0 Å². The number of aromatic nitrogens is 1. The summed E-state index contributed by atoms with van der Waals surface area (Å²) in [6, 6.07) is 11.5. The summed E-state index contributed by atoms with van der Waals surface area (Å²) in [5, 5.41) is 7.16. The predicted octanol–water partition coefficient (Wildman–Crippen LogP) is 1.83. The van der Waals surface area contributed by atoms with Crippen molar-refractivity contribution in [3.05, 3.63) is 54.3 Å². The van der Waals surface area contributed by atoms with Crippen LogP contribution in [0.5, 0.6) is 0 Å². The van der Waals surface area contributed by atoms with E-state index in [1.54, 1.807) is 11.9 Å². The molecule has 5 nitrogen and oxygen atoms in total. The van der Waals surface area contributed by atoms with Gasteiger partial charge in [0, 0.05) is 25.2 Å². The molecule has 0 saturated heterocycles. The smallest absolute Gasteiger partial charge is 0.243 e. The lowest BCUT2D eigenvalue weighted by molar-refractivity contribution is -0.131. The molecule has 5 heteroatoms. The average molecular weight is 283 g/mol. The monoisotopic (exact) mass is 283 g/mol. The first-order valence-electron chi connectivity index (χ1n) is 6.90. The van der Waals surface area contributed by atoms with Crippen LogP contribution in [-0.4, -0.2) is 35.6 Å². The van der Waals surface area contributed by atoms with Crippen LogP contribution in [0.15, 0.2) is 53.1 Å². The Hall–Kier alpha value is -2.40. The van der Waals surface area contributed by atoms with Gasteiger partial charge in [-0.1, -0.05) is 47.6 Å². The number of nitrogens with zero attached hydrogens (tertiary/aromatic N) is 2. The molecule has 2 heterocycles. The van der Waals surface area contributed by atoms with Gasteiger partial charge in [-0.3, -0.25) is 10.1 Å². The van der Waals surface area contributed by atoms with Crippen molar-refractivity contribution in [1.82, 2.24) is 15.4 Å². The normalized spacial score (nSPS) is 17.1. The summed E-state index contributed by atoms with van der Waals surface area (Å²) in [4.78, 5) is 13.8. The zero-order chi connectivity index (χ0) is 14.7. The zero-order valence-electron chi connectivity index (χ0n) is 11.8. The van der Waals surface area contributed by atoms with Crippen LogP contribution >= 0.6 is 0 Å². The summed E-state index contributed by atoms with van der Waals surface area (Å²) >= 11 is 0. The Balaban J connectivity index is 1.67. The molecule has 1 N–H and O–H groups in total. The molecule has 0 unspecified atom stereocenters. The number of benzene rings is 1. The first-order valence-corrected chi connectivity index (χ1v) is 6.90. The molecule has 21 heavy (non-hydrogen) atoms. The van der Waals surface area contributed by atoms with Crippen LogP contribution in [0.1, 0.15) is 5.76 Å². The summed E-state index contributed by atoms with van der Waals surface area (Å²) in [5.74, 6) is 0.702. The molecule has 1 aromatic heterocycles. The highest BCUT2D eigenvalue weighted by molar-refractivity contribution is 5.84. The fourth-order valence-corrected chi connectivity index (χ4v) is 2.32. The van der Waals surface area contributed by atoms with Gasteiger partial charge < -0.3 is 9.42 Å². The van der Waals surface area contributed by atoms with Gasteiger partial charge in [0.25, 0.3) is 0 Å². The van der Waals surface area contributed by atoms with E-state index >= 15 is 0 Å². The first-order chi connectivity index (χ1) is 10.2. The second-order valence-electron chi connectivity index (χ2n) is 5.05. The Morgan fingerprint density at radius 1 is 1.43 bits per heavy atom. The van der Waals surface area contributed by atoms with Crippen molar-refractivity contribution in [2.45, 2.75) is 12.6 Å². The molecule has 2 aromatic rings. The fourth-order valence-electron chi connectivity index (χ4n) is 2.32. The third-order valence-corrected chi connectivity index (χ3v) is 3.45. The number of hydrogen-bond donors (Lipinski definition) is 1. The molecule has 1 aromatic carbocycles. The number of likely N-dealkylation sites (N-methyl/N-ethyl adjacent to an activating group) is 1. The van der Waals surface area contributed by atoms with Crippen LogP contribution in [0, 0.1) is 0 Å². The maximum absolute atomic E-state index is 12.2.